The van der Waals surface area contributed by atoms with Crippen molar-refractivity contribution in [3.05, 3.63) is 17.0 Å². The topological polar surface area (TPSA) is 104 Å². The smallest absolute Gasteiger partial charge is 0.290 e. The first kappa shape index (κ1) is 20.7. The molecule has 0 aromatic carbocycles. The van der Waals surface area contributed by atoms with Gasteiger partial charge in [-0.1, -0.05) is 19.0 Å². The molecular weight excluding hydrogens is 326 g/mol. The van der Waals surface area contributed by atoms with E-state index in [0.717, 1.165) is 11.3 Å². The summed E-state index contributed by atoms with van der Waals surface area (Å²) in [6.45, 7) is 10.6. The van der Waals surface area contributed by atoms with Crippen LogP contribution >= 0.6 is 0 Å². The van der Waals surface area contributed by atoms with Crippen LogP contribution in [0.5, 0.6) is 0 Å². The zero-order valence-electron chi connectivity index (χ0n) is 15.5. The number of hydrogen-bond donors (Lipinski definition) is 1. The molecule has 1 fully saturated rings. The number of amides is 2. The highest BCUT2D eigenvalue weighted by atomic mass is 16.5. The van der Waals surface area contributed by atoms with Gasteiger partial charge in [-0.15, -0.1) is 0 Å². The van der Waals surface area contributed by atoms with Crippen LogP contribution in [0.1, 0.15) is 44.2 Å². The fourth-order valence-corrected chi connectivity index (χ4v) is 2.89. The Hall–Kier alpha value is -2.38. The highest BCUT2D eigenvalue weighted by Gasteiger charge is 2.39. The van der Waals surface area contributed by atoms with Crippen molar-refractivity contribution < 1.29 is 24.0 Å². The summed E-state index contributed by atoms with van der Waals surface area (Å²) in [5.41, 5.74) is 1.68. The highest BCUT2D eigenvalue weighted by Crippen LogP contribution is 2.24. The molecule has 2 heterocycles. The van der Waals surface area contributed by atoms with Gasteiger partial charge in [-0.05, 0) is 33.1 Å². The van der Waals surface area contributed by atoms with E-state index in [9.17, 15) is 9.59 Å². The van der Waals surface area contributed by atoms with Gasteiger partial charge in [0.25, 0.3) is 6.47 Å². The van der Waals surface area contributed by atoms with E-state index in [4.69, 9.17) is 14.4 Å². The van der Waals surface area contributed by atoms with Crippen LogP contribution in [0.3, 0.4) is 0 Å². The average molecular weight is 353 g/mol. The average Bonchev–Trinajstić information content (AvgIpc) is 2.85. The van der Waals surface area contributed by atoms with Crippen molar-refractivity contribution >= 4 is 18.3 Å². The van der Waals surface area contributed by atoms with E-state index in [1.165, 1.54) is 0 Å². The summed E-state index contributed by atoms with van der Waals surface area (Å²) in [4.78, 5) is 36.9. The number of aromatic nitrogens is 1. The summed E-state index contributed by atoms with van der Waals surface area (Å²) in [5, 5.41) is 10.8. The van der Waals surface area contributed by atoms with E-state index >= 15 is 0 Å². The summed E-state index contributed by atoms with van der Waals surface area (Å²) in [7, 11) is 0. The largest absolute Gasteiger partial charge is 0.483 e. The molecule has 1 aliphatic heterocycles. The molecule has 0 spiro atoms. The normalized spacial score (nSPS) is 17.6. The molecule has 1 atom stereocenters. The molecule has 1 N–H and O–H groups in total. The predicted molar refractivity (Wildman–Crippen MR) is 90.7 cm³/mol. The van der Waals surface area contributed by atoms with Gasteiger partial charge in [0.2, 0.25) is 11.8 Å². The lowest BCUT2D eigenvalue weighted by Gasteiger charge is -2.40. The van der Waals surface area contributed by atoms with Gasteiger partial charge in [-0.2, -0.15) is 0 Å². The van der Waals surface area contributed by atoms with E-state index in [-0.39, 0.29) is 24.8 Å². The van der Waals surface area contributed by atoms with Gasteiger partial charge >= 0.3 is 0 Å². The highest BCUT2D eigenvalue weighted by molar-refractivity contribution is 5.94. The second-order valence-electron chi connectivity index (χ2n) is 6.43. The number of rotatable bonds is 5. The third kappa shape index (κ3) is 5.04. The second-order valence-corrected chi connectivity index (χ2v) is 6.43. The van der Waals surface area contributed by atoms with Crippen LogP contribution in [0.15, 0.2) is 4.52 Å². The minimum absolute atomic E-state index is 0.00731. The number of aryl methyl sites for hydroxylation is 2. The van der Waals surface area contributed by atoms with Gasteiger partial charge in [0, 0.05) is 12.1 Å². The Bertz CT molecular complexity index is 592. The van der Waals surface area contributed by atoms with E-state index < -0.39 is 6.04 Å². The number of carbonyl (C=O) groups excluding carboxylic acids is 2. The molecule has 0 bridgehead atoms. The van der Waals surface area contributed by atoms with Gasteiger partial charge < -0.3 is 19.4 Å². The molecule has 8 nitrogen and oxygen atoms in total. The molecule has 8 heteroatoms. The molecule has 0 unspecified atom stereocenters. The fraction of sp³-hybridized carbons (Fsp3) is 0.647. The molecule has 2 rings (SSSR count). The van der Waals surface area contributed by atoms with Crippen LogP contribution in [0, 0.1) is 19.8 Å². The monoisotopic (exact) mass is 353 g/mol. The third-order valence-electron chi connectivity index (χ3n) is 4.21. The molecule has 1 aromatic heterocycles. The Labute approximate surface area is 147 Å². The predicted octanol–water partition coefficient (Wildman–Crippen LogP) is 1.60. The lowest BCUT2D eigenvalue weighted by atomic mass is 9.98. The first-order valence-corrected chi connectivity index (χ1v) is 8.34. The molecule has 1 aliphatic rings. The maximum Gasteiger partial charge on any atom is 0.290 e. The lowest BCUT2D eigenvalue weighted by Crippen LogP contribution is -2.59. The first-order valence-electron chi connectivity index (χ1n) is 8.34. The van der Waals surface area contributed by atoms with E-state index in [0.29, 0.717) is 31.2 Å². The zero-order chi connectivity index (χ0) is 19.1. The maximum absolute atomic E-state index is 12.6. The summed E-state index contributed by atoms with van der Waals surface area (Å²) >= 11 is 0. The number of carboxylic acid groups (broad SMARTS) is 1. The third-order valence-corrected chi connectivity index (χ3v) is 4.21. The van der Waals surface area contributed by atoms with Crippen molar-refractivity contribution in [1.82, 2.24) is 15.0 Å². The minimum Gasteiger partial charge on any atom is -0.483 e. The lowest BCUT2D eigenvalue weighted by molar-refractivity contribution is -0.157. The van der Waals surface area contributed by atoms with Crippen LogP contribution < -0.4 is 0 Å². The molecule has 0 aliphatic carbocycles. The fourth-order valence-electron chi connectivity index (χ4n) is 2.89. The Morgan fingerprint density at radius 3 is 2.40 bits per heavy atom. The summed E-state index contributed by atoms with van der Waals surface area (Å²) in [6, 6.07) is -0.394. The summed E-state index contributed by atoms with van der Waals surface area (Å²) < 4.78 is 5.17. The quantitative estimate of drug-likeness (QED) is 0.806. The Morgan fingerprint density at radius 2 is 1.96 bits per heavy atom. The van der Waals surface area contributed by atoms with Crippen molar-refractivity contribution in [3.63, 3.8) is 0 Å². The molecule has 1 saturated heterocycles. The van der Waals surface area contributed by atoms with Crippen molar-refractivity contribution in [1.29, 1.82) is 0 Å². The number of carbonyl (C=O) groups is 3. The Morgan fingerprint density at radius 1 is 1.36 bits per heavy atom. The van der Waals surface area contributed by atoms with Gasteiger partial charge in [0.1, 0.15) is 11.8 Å². The maximum atomic E-state index is 12.6. The molecule has 1 aromatic rings. The molecule has 0 saturated carbocycles. The number of hydrogen-bond acceptors (Lipinski definition) is 5. The molecule has 25 heavy (non-hydrogen) atoms. The van der Waals surface area contributed by atoms with Gasteiger partial charge in [-0.3, -0.25) is 14.4 Å². The Kier molecular flexibility index (Phi) is 7.60. The van der Waals surface area contributed by atoms with Crippen LogP contribution in [0.25, 0.3) is 0 Å². The van der Waals surface area contributed by atoms with Gasteiger partial charge in [-0.25, -0.2) is 0 Å². The number of piperazine rings is 1. The second kappa shape index (κ2) is 9.19. The first-order chi connectivity index (χ1) is 11.8. The molecule has 140 valence electrons. The number of nitrogens with zero attached hydrogens (tertiary/aromatic N) is 3. The van der Waals surface area contributed by atoms with Gasteiger partial charge in [0.15, 0.2) is 0 Å². The van der Waals surface area contributed by atoms with E-state index in [2.05, 4.69) is 19.0 Å². The van der Waals surface area contributed by atoms with E-state index in [1.54, 1.807) is 9.80 Å². The molecular formula is C17H27N3O5. The summed E-state index contributed by atoms with van der Waals surface area (Å²) in [5.74, 6) is 1.08. The van der Waals surface area contributed by atoms with Crippen LogP contribution in [-0.4, -0.2) is 57.5 Å². The van der Waals surface area contributed by atoms with E-state index in [1.807, 2.05) is 20.8 Å². The zero-order valence-corrected chi connectivity index (χ0v) is 15.5. The standard InChI is InChI=1S/C16H25N3O3.CH2O2/c1-6-18-9-15(20)19(14(16(18)21)7-10(2)3)8-13-11(4)17-22-12(13)5;2-1-3/h10,14H,6-9H2,1-5H3;1H,(H,2,3)/t14-;/m0./s1. The van der Waals surface area contributed by atoms with Crippen molar-refractivity contribution in [2.45, 2.75) is 53.6 Å². The molecule has 0 radical (unpaired) electrons. The Balaban J connectivity index is 0.000000970. The van der Waals surface area contributed by atoms with Crippen LogP contribution in [-0.2, 0) is 20.9 Å². The number of likely N-dealkylation sites (N-methyl/N-ethyl adjacent to an activating group) is 1. The molecule has 2 amide bonds. The SMILES string of the molecule is CCN1CC(=O)N(Cc2c(C)noc2C)[C@@H](CC(C)C)C1=O.O=CO. The van der Waals surface area contributed by atoms with Crippen LogP contribution in [0.4, 0.5) is 0 Å². The van der Waals surface area contributed by atoms with Crippen LogP contribution in [0.2, 0.25) is 0 Å². The summed E-state index contributed by atoms with van der Waals surface area (Å²) in [6.07, 6.45) is 0.671. The van der Waals surface area contributed by atoms with Crippen molar-refractivity contribution in [2.24, 2.45) is 5.92 Å². The van der Waals surface area contributed by atoms with Gasteiger partial charge in [0.05, 0.1) is 18.8 Å². The minimum atomic E-state index is -0.394. The van der Waals surface area contributed by atoms with Crippen molar-refractivity contribution in [3.8, 4) is 0 Å². The van der Waals surface area contributed by atoms with Crippen molar-refractivity contribution in [2.75, 3.05) is 13.1 Å².